The highest BCUT2D eigenvalue weighted by Crippen LogP contribution is 2.32. The highest BCUT2D eigenvalue weighted by atomic mass is 32.1. The van der Waals surface area contributed by atoms with Crippen LogP contribution in [0.4, 0.5) is 0 Å². The molecular formula is C42H66N4O6S. The molecule has 2 N–H and O–H groups in total. The Bertz CT molecular complexity index is 1450. The molecule has 0 radical (unpaired) electrons. The van der Waals surface area contributed by atoms with Crippen LogP contribution in [0.5, 0.6) is 0 Å². The number of piperidine rings is 1. The molecule has 2 aromatic rings. The number of ketones is 1. The van der Waals surface area contributed by atoms with Crippen molar-refractivity contribution in [2.75, 3.05) is 20.3 Å². The zero-order chi connectivity index (χ0) is 39.2. The van der Waals surface area contributed by atoms with Crippen molar-refractivity contribution in [1.82, 2.24) is 20.1 Å². The number of benzene rings is 1. The number of aliphatic hydroxyl groups is 1. The molecule has 0 unspecified atom stereocenters. The van der Waals surface area contributed by atoms with E-state index in [9.17, 15) is 24.3 Å². The summed E-state index contributed by atoms with van der Waals surface area (Å²) >= 11 is 1.21. The van der Waals surface area contributed by atoms with Gasteiger partial charge in [0, 0.05) is 42.6 Å². The van der Waals surface area contributed by atoms with Gasteiger partial charge < -0.3 is 20.1 Å². The molecule has 1 fully saturated rings. The van der Waals surface area contributed by atoms with E-state index in [1.165, 1.54) is 11.3 Å². The van der Waals surface area contributed by atoms with Crippen LogP contribution in [0.25, 0.3) is 0 Å². The topological polar surface area (TPSA) is 129 Å². The van der Waals surface area contributed by atoms with Crippen molar-refractivity contribution in [2.24, 2.45) is 29.6 Å². The van der Waals surface area contributed by atoms with Gasteiger partial charge in [-0.25, -0.2) is 4.98 Å². The van der Waals surface area contributed by atoms with Crippen molar-refractivity contribution < 1.29 is 29.0 Å². The number of thiazole rings is 1. The van der Waals surface area contributed by atoms with Crippen LogP contribution in [0.2, 0.25) is 0 Å². The molecule has 53 heavy (non-hydrogen) atoms. The quantitative estimate of drug-likeness (QED) is 0.0993. The third-order valence-electron chi connectivity index (χ3n) is 10.5. The zero-order valence-electron chi connectivity index (χ0n) is 33.7. The van der Waals surface area contributed by atoms with Crippen LogP contribution in [-0.4, -0.2) is 81.9 Å². The molecule has 11 heteroatoms. The molecular weight excluding hydrogens is 689 g/mol. The van der Waals surface area contributed by atoms with Gasteiger partial charge in [-0.15, -0.1) is 11.3 Å². The van der Waals surface area contributed by atoms with Gasteiger partial charge in [0.05, 0.1) is 6.04 Å². The number of aromatic nitrogens is 1. The number of esters is 1. The maximum Gasteiger partial charge on any atom is 0.307 e. The highest BCUT2D eigenvalue weighted by molar-refractivity contribution is 7.09. The predicted octanol–water partition coefficient (Wildman–Crippen LogP) is 7.46. The molecule has 1 aromatic heterocycles. The van der Waals surface area contributed by atoms with Crippen molar-refractivity contribution in [2.45, 2.75) is 137 Å². The Morgan fingerprint density at radius 3 is 2.30 bits per heavy atom. The van der Waals surface area contributed by atoms with Crippen LogP contribution in [0.1, 0.15) is 134 Å². The lowest BCUT2D eigenvalue weighted by molar-refractivity contribution is -0.161. The first-order chi connectivity index (χ1) is 25.1. The van der Waals surface area contributed by atoms with Crippen molar-refractivity contribution in [3.63, 3.8) is 0 Å². The number of ether oxygens (including phenoxy) is 1. The molecule has 1 aliphatic rings. The number of carbonyl (C=O) groups excluding carboxylic acids is 4. The lowest BCUT2D eigenvalue weighted by Crippen LogP contribution is -2.50. The lowest BCUT2D eigenvalue weighted by atomic mass is 9.82. The van der Waals surface area contributed by atoms with Gasteiger partial charge in [0.15, 0.2) is 12.5 Å². The summed E-state index contributed by atoms with van der Waals surface area (Å²) in [6.07, 6.45) is 4.41. The van der Waals surface area contributed by atoms with E-state index in [0.29, 0.717) is 23.8 Å². The molecule has 10 nitrogen and oxygen atoms in total. The second-order valence-corrected chi connectivity index (χ2v) is 17.2. The Morgan fingerprint density at radius 1 is 1.00 bits per heavy atom. The summed E-state index contributed by atoms with van der Waals surface area (Å²) in [5, 5.41) is 16.8. The summed E-state index contributed by atoms with van der Waals surface area (Å²) in [5.41, 5.74) is 1.38. The average Bonchev–Trinajstić information content (AvgIpc) is 3.60. The fourth-order valence-corrected chi connectivity index (χ4v) is 8.07. The fourth-order valence-electron chi connectivity index (χ4n) is 7.27. The minimum atomic E-state index is -1.08. The smallest absolute Gasteiger partial charge is 0.307 e. The van der Waals surface area contributed by atoms with Crippen molar-refractivity contribution in [3.05, 3.63) is 52.0 Å². The van der Waals surface area contributed by atoms with Crippen LogP contribution in [0.3, 0.4) is 0 Å². The normalized spacial score (nSPS) is 18.0. The van der Waals surface area contributed by atoms with Crippen molar-refractivity contribution in [3.8, 4) is 0 Å². The Balaban J connectivity index is 1.84. The summed E-state index contributed by atoms with van der Waals surface area (Å²) in [6, 6.07) is 9.25. The molecule has 296 valence electrons. The Hall–Kier alpha value is -3.15. The number of rotatable bonds is 21. The van der Waals surface area contributed by atoms with Gasteiger partial charge >= 0.3 is 5.97 Å². The van der Waals surface area contributed by atoms with Gasteiger partial charge in [-0.2, -0.15) is 0 Å². The summed E-state index contributed by atoms with van der Waals surface area (Å²) in [5.74, 6) is -1.23. The summed E-state index contributed by atoms with van der Waals surface area (Å²) in [6.45, 7) is 16.7. The number of aliphatic hydroxyl groups excluding tert-OH is 1. The molecule has 2 amide bonds. The monoisotopic (exact) mass is 754 g/mol. The number of nitrogens with zero attached hydrogens (tertiary/aromatic N) is 3. The second-order valence-electron chi connectivity index (χ2n) is 16.3. The molecule has 1 aromatic carbocycles. The summed E-state index contributed by atoms with van der Waals surface area (Å²) < 4.78 is 5.72. The number of Topliss-reactive ketones (excluding diaryl/α,β-unsaturated/α-hetero) is 1. The fraction of sp³-hybridized carbons (Fsp3) is 0.690. The van der Waals surface area contributed by atoms with E-state index in [0.717, 1.165) is 37.8 Å². The number of hydrogen-bond acceptors (Lipinski definition) is 9. The molecule has 1 aliphatic heterocycles. The van der Waals surface area contributed by atoms with Gasteiger partial charge in [0.25, 0.3) is 5.91 Å². The number of likely N-dealkylation sites (N-methyl/N-ethyl adjacent to an activating group) is 1. The van der Waals surface area contributed by atoms with Crippen LogP contribution in [-0.2, 0) is 25.5 Å². The third-order valence-corrected chi connectivity index (χ3v) is 11.5. The van der Waals surface area contributed by atoms with E-state index in [1.807, 2.05) is 66.8 Å². The van der Waals surface area contributed by atoms with Gasteiger partial charge in [0.2, 0.25) is 5.91 Å². The third kappa shape index (κ3) is 13.9. The first-order valence-electron chi connectivity index (χ1n) is 19.8. The van der Waals surface area contributed by atoms with E-state index in [2.05, 4.69) is 41.2 Å². The molecule has 6 atom stereocenters. The van der Waals surface area contributed by atoms with Crippen LogP contribution >= 0.6 is 11.3 Å². The Kier molecular flexibility index (Phi) is 18.1. The van der Waals surface area contributed by atoms with Gasteiger partial charge in [0.1, 0.15) is 16.8 Å². The largest absolute Gasteiger partial charge is 0.444 e. The lowest BCUT2D eigenvalue weighted by Gasteiger charge is -2.39. The maximum atomic E-state index is 14.7. The minimum absolute atomic E-state index is 0.0664. The number of amides is 2. The Morgan fingerprint density at radius 2 is 1.70 bits per heavy atom. The van der Waals surface area contributed by atoms with Crippen LogP contribution < -0.4 is 5.32 Å². The van der Waals surface area contributed by atoms with Gasteiger partial charge in [-0.1, -0.05) is 98.6 Å². The minimum Gasteiger partial charge on any atom is -0.444 e. The number of hydrogen-bond donors (Lipinski definition) is 2. The standard InChI is InChI=1S/C42H66N4O6S/c1-10-30(8)33(23-37(47)35-18-14-15-19-45(35)9)42(51)46(26-52-39(49)21-28(4)5)36(29(6)7)24-38(48)41-44-34(25-53-41)40(50)43-32(20-27(2)3)22-31-16-12-11-13-17-31/h11-13,16-17,25,27-30,32-33,35-36,38,48H,10,14-15,18-24,26H2,1-9H3,(H,43,50)/t30-,32+,33-,35+,36+,38+/m0/s1. The summed E-state index contributed by atoms with van der Waals surface area (Å²) in [4.78, 5) is 62.8. The van der Waals surface area contributed by atoms with Crippen molar-refractivity contribution in [1.29, 1.82) is 0 Å². The molecule has 0 saturated carbocycles. The summed E-state index contributed by atoms with van der Waals surface area (Å²) in [7, 11) is 1.97. The molecule has 0 aliphatic carbocycles. The van der Waals surface area contributed by atoms with Crippen LogP contribution in [0.15, 0.2) is 35.7 Å². The molecule has 1 saturated heterocycles. The zero-order valence-corrected chi connectivity index (χ0v) is 34.5. The SMILES string of the molecule is CC[C@H](C)[C@H](CC(=O)[C@H]1CCCCN1C)C(=O)N(COC(=O)CC(C)C)[C@H](C[C@@H](O)c1nc(C(=O)N[C@@H](Cc2ccccc2)CC(C)C)cs1)C(C)C. The van der Waals surface area contributed by atoms with Gasteiger partial charge in [-0.3, -0.25) is 24.1 Å². The molecule has 2 heterocycles. The highest BCUT2D eigenvalue weighted by Gasteiger charge is 2.39. The molecule has 0 spiro atoms. The first-order valence-corrected chi connectivity index (χ1v) is 20.7. The predicted molar refractivity (Wildman–Crippen MR) is 211 cm³/mol. The molecule has 0 bridgehead atoms. The van der Waals surface area contributed by atoms with Gasteiger partial charge in [-0.05, 0) is 68.5 Å². The number of nitrogens with one attached hydrogen (secondary N) is 1. The maximum absolute atomic E-state index is 14.7. The van der Waals surface area contributed by atoms with E-state index in [4.69, 9.17) is 4.74 Å². The number of likely N-dealkylation sites (tertiary alicyclic amines) is 1. The Labute approximate surface area is 322 Å². The molecule has 3 rings (SSSR count). The average molecular weight is 755 g/mol. The number of carbonyl (C=O) groups is 4. The van der Waals surface area contributed by atoms with E-state index in [1.54, 1.807) is 10.3 Å². The van der Waals surface area contributed by atoms with Crippen LogP contribution in [0, 0.1) is 29.6 Å². The van der Waals surface area contributed by atoms with E-state index >= 15 is 0 Å². The first kappa shape index (κ1) is 44.2. The van der Waals surface area contributed by atoms with E-state index in [-0.39, 0.29) is 79.1 Å². The van der Waals surface area contributed by atoms with Crippen molar-refractivity contribution >= 4 is 34.9 Å². The van der Waals surface area contributed by atoms with E-state index < -0.39 is 24.0 Å². The second kappa shape index (κ2) is 21.7.